The first kappa shape index (κ1) is 13.5. The van der Waals surface area contributed by atoms with Crippen LogP contribution in [0.3, 0.4) is 0 Å². The summed E-state index contributed by atoms with van der Waals surface area (Å²) in [6, 6.07) is 2.89. The Kier molecular flexibility index (Phi) is 4.76. The first-order valence-electron chi connectivity index (χ1n) is 4.46. The van der Waals surface area contributed by atoms with Crippen LogP contribution in [0, 0.1) is 0 Å². The molecule has 1 aromatic carbocycles. The lowest BCUT2D eigenvalue weighted by Gasteiger charge is -2.12. The van der Waals surface area contributed by atoms with Gasteiger partial charge in [-0.15, -0.1) is 0 Å². The van der Waals surface area contributed by atoms with Crippen molar-refractivity contribution < 1.29 is 14.6 Å². The molecular weight excluding hydrogens is 342 g/mol. The second kappa shape index (κ2) is 5.65. The number of phenolic OH excluding ortho intramolecular Hbond substituents is 1. The minimum absolute atomic E-state index is 0.0974. The van der Waals surface area contributed by atoms with Gasteiger partial charge in [-0.1, -0.05) is 0 Å². The molecule has 0 spiro atoms. The summed E-state index contributed by atoms with van der Waals surface area (Å²) in [4.78, 5) is 11.1. The minimum Gasteiger partial charge on any atom is -0.506 e. The molecule has 1 aromatic rings. The molecule has 0 aliphatic heterocycles. The largest absolute Gasteiger partial charge is 0.506 e. The highest BCUT2D eigenvalue weighted by Crippen LogP contribution is 2.35. The number of phenols is 1. The number of aromatic hydroxyl groups is 1. The summed E-state index contributed by atoms with van der Waals surface area (Å²) >= 11 is 6.39. The van der Waals surface area contributed by atoms with E-state index in [-0.39, 0.29) is 18.1 Å². The zero-order chi connectivity index (χ0) is 12.3. The standard InChI is InChI=1S/C10H11Br2NO3/c1-16-9(14)4-8(13)5-2-6(11)10(15)7(12)3-5/h2-3,8,15H,4,13H2,1H3/t8-/m1/s1. The van der Waals surface area contributed by atoms with Crippen LogP contribution in [-0.2, 0) is 9.53 Å². The van der Waals surface area contributed by atoms with Crippen molar-refractivity contribution in [1.29, 1.82) is 0 Å². The van der Waals surface area contributed by atoms with Crippen LogP contribution in [0.5, 0.6) is 5.75 Å². The zero-order valence-electron chi connectivity index (χ0n) is 8.54. The monoisotopic (exact) mass is 351 g/mol. The number of halogens is 2. The van der Waals surface area contributed by atoms with Gasteiger partial charge in [0.1, 0.15) is 5.75 Å². The molecule has 0 radical (unpaired) electrons. The van der Waals surface area contributed by atoms with Gasteiger partial charge in [-0.2, -0.15) is 0 Å². The number of carbonyl (C=O) groups excluding carboxylic acids is 1. The molecule has 0 heterocycles. The SMILES string of the molecule is COC(=O)C[C@@H](N)c1cc(Br)c(O)c(Br)c1. The van der Waals surface area contributed by atoms with Gasteiger partial charge in [0.25, 0.3) is 0 Å². The lowest BCUT2D eigenvalue weighted by Crippen LogP contribution is -2.16. The van der Waals surface area contributed by atoms with Gasteiger partial charge in [-0.05, 0) is 49.6 Å². The Balaban J connectivity index is 2.92. The molecular formula is C10H11Br2NO3. The molecule has 0 saturated carbocycles. The highest BCUT2D eigenvalue weighted by Gasteiger charge is 2.15. The molecule has 1 rings (SSSR count). The summed E-state index contributed by atoms with van der Waals surface area (Å²) in [5.74, 6) is -0.262. The maximum Gasteiger partial charge on any atom is 0.307 e. The second-order valence-corrected chi connectivity index (χ2v) is 4.93. The highest BCUT2D eigenvalue weighted by molar-refractivity contribution is 9.11. The maximum atomic E-state index is 11.1. The smallest absolute Gasteiger partial charge is 0.307 e. The Bertz CT molecular complexity index is 386. The van der Waals surface area contributed by atoms with Crippen molar-refractivity contribution in [3.63, 3.8) is 0 Å². The summed E-state index contributed by atoms with van der Waals surface area (Å²) in [7, 11) is 1.32. The topological polar surface area (TPSA) is 72.5 Å². The number of hydrogen-bond donors (Lipinski definition) is 2. The number of carbonyl (C=O) groups is 1. The molecule has 4 nitrogen and oxygen atoms in total. The predicted molar refractivity (Wildman–Crippen MR) is 67.1 cm³/mol. The van der Waals surface area contributed by atoms with Crippen LogP contribution >= 0.6 is 31.9 Å². The van der Waals surface area contributed by atoms with Crippen molar-refractivity contribution in [3.8, 4) is 5.75 Å². The van der Waals surface area contributed by atoms with Crippen LogP contribution in [0.15, 0.2) is 21.1 Å². The van der Waals surface area contributed by atoms with Crippen LogP contribution in [0.1, 0.15) is 18.0 Å². The molecule has 0 aliphatic rings. The maximum absolute atomic E-state index is 11.1. The van der Waals surface area contributed by atoms with E-state index in [0.29, 0.717) is 8.95 Å². The van der Waals surface area contributed by atoms with Crippen LogP contribution < -0.4 is 5.73 Å². The summed E-state index contributed by atoms with van der Waals surface area (Å²) < 4.78 is 5.59. The van der Waals surface area contributed by atoms with Gasteiger partial charge in [0, 0.05) is 6.04 Å². The van der Waals surface area contributed by atoms with E-state index in [4.69, 9.17) is 5.73 Å². The number of hydrogen-bond acceptors (Lipinski definition) is 4. The van der Waals surface area contributed by atoms with Gasteiger partial charge in [0.15, 0.2) is 0 Å². The summed E-state index contributed by atoms with van der Waals surface area (Å²) in [6.45, 7) is 0. The highest BCUT2D eigenvalue weighted by atomic mass is 79.9. The molecule has 1 atom stereocenters. The molecule has 0 fully saturated rings. The minimum atomic E-state index is -0.458. The third-order valence-corrected chi connectivity index (χ3v) is 3.29. The van der Waals surface area contributed by atoms with Gasteiger partial charge in [0.05, 0.1) is 22.5 Å². The Morgan fingerprint density at radius 3 is 2.44 bits per heavy atom. The summed E-state index contributed by atoms with van der Waals surface area (Å²) in [5.41, 5.74) is 6.57. The summed E-state index contributed by atoms with van der Waals surface area (Å²) in [6.07, 6.45) is 0.0974. The van der Waals surface area contributed by atoms with Crippen LogP contribution in [0.2, 0.25) is 0 Å². The fraction of sp³-hybridized carbons (Fsp3) is 0.300. The quantitative estimate of drug-likeness (QED) is 0.819. The Hall–Kier alpha value is -0.590. The normalized spacial score (nSPS) is 12.2. The van der Waals surface area contributed by atoms with E-state index in [9.17, 15) is 9.90 Å². The Morgan fingerprint density at radius 2 is 2.00 bits per heavy atom. The van der Waals surface area contributed by atoms with E-state index in [1.54, 1.807) is 12.1 Å². The van der Waals surface area contributed by atoms with Crippen LogP contribution in [0.4, 0.5) is 0 Å². The molecule has 0 aliphatic carbocycles. The average Bonchev–Trinajstić information content (AvgIpc) is 2.24. The van der Waals surface area contributed by atoms with Crippen molar-refractivity contribution in [2.45, 2.75) is 12.5 Å². The van der Waals surface area contributed by atoms with Gasteiger partial charge < -0.3 is 15.6 Å². The van der Waals surface area contributed by atoms with E-state index < -0.39 is 6.04 Å². The fourth-order valence-electron chi connectivity index (χ4n) is 1.18. The summed E-state index contributed by atoms with van der Waals surface area (Å²) in [5, 5.41) is 9.51. The van der Waals surface area contributed by atoms with E-state index >= 15 is 0 Å². The zero-order valence-corrected chi connectivity index (χ0v) is 11.7. The predicted octanol–water partition coefficient (Wildman–Crippen LogP) is 2.48. The van der Waals surface area contributed by atoms with E-state index in [1.165, 1.54) is 7.11 Å². The van der Waals surface area contributed by atoms with Crippen LogP contribution in [-0.4, -0.2) is 18.2 Å². The molecule has 88 valence electrons. The molecule has 0 saturated heterocycles. The number of esters is 1. The Labute approximate surface area is 110 Å². The van der Waals surface area contributed by atoms with E-state index in [2.05, 4.69) is 36.6 Å². The van der Waals surface area contributed by atoms with Gasteiger partial charge in [-0.25, -0.2) is 0 Å². The molecule has 0 bridgehead atoms. The number of benzene rings is 1. The number of ether oxygens (including phenoxy) is 1. The van der Waals surface area contributed by atoms with Crippen molar-refractivity contribution in [2.75, 3.05) is 7.11 Å². The second-order valence-electron chi connectivity index (χ2n) is 3.22. The Morgan fingerprint density at radius 1 is 1.50 bits per heavy atom. The molecule has 0 aromatic heterocycles. The molecule has 16 heavy (non-hydrogen) atoms. The van der Waals surface area contributed by atoms with Gasteiger partial charge >= 0.3 is 5.97 Å². The molecule has 6 heteroatoms. The van der Waals surface area contributed by atoms with E-state index in [1.807, 2.05) is 0 Å². The fourth-order valence-corrected chi connectivity index (χ4v) is 2.40. The van der Waals surface area contributed by atoms with Crippen molar-refractivity contribution in [2.24, 2.45) is 5.73 Å². The third-order valence-electron chi connectivity index (χ3n) is 2.08. The first-order chi connectivity index (χ1) is 7.45. The number of nitrogens with two attached hydrogens (primary N) is 1. The lowest BCUT2D eigenvalue weighted by molar-refractivity contribution is -0.141. The van der Waals surface area contributed by atoms with E-state index in [0.717, 1.165) is 5.56 Å². The number of rotatable bonds is 3. The van der Waals surface area contributed by atoms with Crippen molar-refractivity contribution >= 4 is 37.8 Å². The van der Waals surface area contributed by atoms with Gasteiger partial charge in [-0.3, -0.25) is 4.79 Å². The third kappa shape index (κ3) is 3.20. The van der Waals surface area contributed by atoms with Gasteiger partial charge in [0.2, 0.25) is 0 Å². The van der Waals surface area contributed by atoms with Crippen molar-refractivity contribution in [1.82, 2.24) is 0 Å². The molecule has 0 amide bonds. The van der Waals surface area contributed by atoms with Crippen molar-refractivity contribution in [3.05, 3.63) is 26.6 Å². The molecule has 3 N–H and O–H groups in total. The molecule has 0 unspecified atom stereocenters. The number of methoxy groups -OCH3 is 1. The average molecular weight is 353 g/mol. The lowest BCUT2D eigenvalue weighted by atomic mass is 10.0. The first-order valence-corrected chi connectivity index (χ1v) is 6.04. The van der Waals surface area contributed by atoms with Crippen LogP contribution in [0.25, 0.3) is 0 Å².